The van der Waals surface area contributed by atoms with E-state index < -0.39 is 0 Å². The van der Waals surface area contributed by atoms with E-state index in [0.717, 1.165) is 0 Å². The zero-order valence-corrected chi connectivity index (χ0v) is 12.6. The molecule has 5 nitrogen and oxygen atoms in total. The Balaban J connectivity index is 0.00000200. The van der Waals surface area contributed by atoms with Crippen LogP contribution in [0.4, 0.5) is 4.39 Å². The van der Waals surface area contributed by atoms with Gasteiger partial charge in [0.25, 0.3) is 0 Å². The number of aromatic nitrogens is 3. The summed E-state index contributed by atoms with van der Waals surface area (Å²) in [4.78, 5) is 15.3. The third-order valence-corrected chi connectivity index (χ3v) is 2.43. The van der Waals surface area contributed by atoms with Gasteiger partial charge in [0.05, 0.1) is 6.54 Å². The Morgan fingerprint density at radius 2 is 2.10 bits per heavy atom. The van der Waals surface area contributed by atoms with Gasteiger partial charge in [0.1, 0.15) is 18.5 Å². The van der Waals surface area contributed by atoms with Gasteiger partial charge in [0.15, 0.2) is 0 Å². The van der Waals surface area contributed by atoms with Crippen molar-refractivity contribution in [2.75, 3.05) is 6.54 Å². The van der Waals surface area contributed by atoms with E-state index in [0.29, 0.717) is 18.7 Å². The first-order chi connectivity index (χ1) is 9.25. The normalized spacial score (nSPS) is 9.76. The van der Waals surface area contributed by atoms with Crippen molar-refractivity contribution in [3.05, 3.63) is 54.4 Å². The van der Waals surface area contributed by atoms with Crippen molar-refractivity contribution in [3.8, 4) is 0 Å². The highest BCUT2D eigenvalue weighted by Crippen LogP contribution is 2.07. The van der Waals surface area contributed by atoms with Gasteiger partial charge in [-0.15, -0.1) is 24.8 Å². The minimum Gasteiger partial charge on any atom is -0.351 e. The number of carbonyl (C=O) groups is 1. The molecule has 2 rings (SSSR count). The van der Waals surface area contributed by atoms with Crippen LogP contribution in [0.5, 0.6) is 0 Å². The van der Waals surface area contributed by atoms with Crippen molar-refractivity contribution in [2.24, 2.45) is 0 Å². The van der Waals surface area contributed by atoms with Crippen LogP contribution in [0.15, 0.2) is 43.0 Å². The Morgan fingerprint density at radius 3 is 2.76 bits per heavy atom. The lowest BCUT2D eigenvalue weighted by Crippen LogP contribution is -2.25. The minimum absolute atomic E-state index is 0. The van der Waals surface area contributed by atoms with Crippen molar-refractivity contribution in [1.82, 2.24) is 20.1 Å². The first-order valence-corrected chi connectivity index (χ1v) is 5.78. The Morgan fingerprint density at radius 1 is 1.33 bits per heavy atom. The molecule has 0 fully saturated rings. The van der Waals surface area contributed by atoms with Crippen LogP contribution < -0.4 is 5.32 Å². The number of nitrogens with one attached hydrogen (secondary N) is 1. The number of nitrogens with zero attached hydrogens (tertiary/aromatic N) is 3. The average molecular weight is 333 g/mol. The van der Waals surface area contributed by atoms with E-state index in [1.807, 2.05) is 0 Å². The SMILES string of the molecule is Cl.Cl.O=C(/C=C/c1ccccc1F)NCCn1cncn1. The van der Waals surface area contributed by atoms with Crippen molar-refractivity contribution >= 4 is 36.8 Å². The van der Waals surface area contributed by atoms with Crippen molar-refractivity contribution < 1.29 is 9.18 Å². The molecule has 0 aliphatic carbocycles. The Kier molecular flexibility index (Phi) is 9.00. The van der Waals surface area contributed by atoms with E-state index in [9.17, 15) is 9.18 Å². The summed E-state index contributed by atoms with van der Waals surface area (Å²) in [6.45, 7) is 0.975. The molecule has 0 bridgehead atoms. The van der Waals surface area contributed by atoms with Gasteiger partial charge in [-0.1, -0.05) is 18.2 Å². The molecule has 21 heavy (non-hydrogen) atoms. The third kappa shape index (κ3) is 6.37. The largest absolute Gasteiger partial charge is 0.351 e. The van der Waals surface area contributed by atoms with Crippen LogP contribution in [0, 0.1) is 5.82 Å². The van der Waals surface area contributed by atoms with Gasteiger partial charge in [0.2, 0.25) is 5.91 Å². The second-order valence-electron chi connectivity index (χ2n) is 3.80. The van der Waals surface area contributed by atoms with Gasteiger partial charge in [0, 0.05) is 18.2 Å². The molecule has 8 heteroatoms. The van der Waals surface area contributed by atoms with E-state index >= 15 is 0 Å². The summed E-state index contributed by atoms with van der Waals surface area (Å²) in [5, 5.41) is 6.58. The van der Waals surface area contributed by atoms with Gasteiger partial charge in [-0.25, -0.2) is 9.37 Å². The van der Waals surface area contributed by atoms with E-state index in [2.05, 4.69) is 15.4 Å². The molecular formula is C13H15Cl2FN4O. The fourth-order valence-electron chi connectivity index (χ4n) is 1.48. The molecule has 0 saturated heterocycles. The number of hydrogen-bond donors (Lipinski definition) is 1. The Hall–Kier alpha value is -1.92. The van der Waals surface area contributed by atoms with Crippen molar-refractivity contribution in [3.63, 3.8) is 0 Å². The lowest BCUT2D eigenvalue weighted by atomic mass is 10.2. The maximum Gasteiger partial charge on any atom is 0.244 e. The summed E-state index contributed by atoms with van der Waals surface area (Å²) < 4.78 is 14.9. The molecule has 1 amide bonds. The smallest absolute Gasteiger partial charge is 0.244 e. The second-order valence-corrected chi connectivity index (χ2v) is 3.80. The average Bonchev–Trinajstić information content (AvgIpc) is 2.91. The van der Waals surface area contributed by atoms with E-state index in [4.69, 9.17) is 0 Å². The maximum absolute atomic E-state index is 13.3. The highest BCUT2D eigenvalue weighted by atomic mass is 35.5. The van der Waals surface area contributed by atoms with Crippen LogP contribution in [0.2, 0.25) is 0 Å². The number of amides is 1. The van der Waals surface area contributed by atoms with Crippen molar-refractivity contribution in [1.29, 1.82) is 0 Å². The maximum atomic E-state index is 13.3. The molecule has 0 saturated carbocycles. The van der Waals surface area contributed by atoms with Crippen LogP contribution in [-0.4, -0.2) is 27.2 Å². The van der Waals surface area contributed by atoms with Gasteiger partial charge in [-0.2, -0.15) is 5.10 Å². The molecule has 1 aromatic heterocycles. The van der Waals surface area contributed by atoms with Gasteiger partial charge >= 0.3 is 0 Å². The summed E-state index contributed by atoms with van der Waals surface area (Å²) >= 11 is 0. The number of carbonyl (C=O) groups excluding carboxylic acids is 1. The van der Waals surface area contributed by atoms with Crippen molar-refractivity contribution in [2.45, 2.75) is 6.54 Å². The van der Waals surface area contributed by atoms with Crippen LogP contribution in [-0.2, 0) is 11.3 Å². The summed E-state index contributed by atoms with van der Waals surface area (Å²) in [5.74, 6) is -0.627. The quantitative estimate of drug-likeness (QED) is 0.853. The molecule has 2 aromatic rings. The van der Waals surface area contributed by atoms with Gasteiger partial charge in [-0.3, -0.25) is 9.48 Å². The van der Waals surface area contributed by atoms with Gasteiger partial charge < -0.3 is 5.32 Å². The van der Waals surface area contributed by atoms with Gasteiger partial charge in [-0.05, 0) is 12.1 Å². The highest BCUT2D eigenvalue weighted by Gasteiger charge is 1.98. The Labute approximate surface area is 134 Å². The number of halogens is 3. The van der Waals surface area contributed by atoms with Crippen LogP contribution in [0.3, 0.4) is 0 Å². The number of rotatable bonds is 5. The number of hydrogen-bond acceptors (Lipinski definition) is 3. The zero-order valence-electron chi connectivity index (χ0n) is 11.0. The molecule has 0 spiro atoms. The second kappa shape index (κ2) is 9.90. The molecule has 0 aliphatic rings. The predicted molar refractivity (Wildman–Crippen MR) is 83.0 cm³/mol. The van der Waals surface area contributed by atoms with E-state index in [-0.39, 0.29) is 36.5 Å². The van der Waals surface area contributed by atoms with Crippen LogP contribution in [0.25, 0.3) is 6.08 Å². The fourth-order valence-corrected chi connectivity index (χ4v) is 1.48. The third-order valence-electron chi connectivity index (χ3n) is 2.43. The topological polar surface area (TPSA) is 59.8 Å². The molecule has 0 unspecified atom stereocenters. The van der Waals surface area contributed by atoms with Crippen LogP contribution >= 0.6 is 24.8 Å². The minimum atomic E-state index is -0.353. The predicted octanol–water partition coefficient (Wildman–Crippen LogP) is 2.09. The molecule has 0 aliphatic heterocycles. The summed E-state index contributed by atoms with van der Waals surface area (Å²) in [6.07, 6.45) is 5.75. The van der Waals surface area contributed by atoms with E-state index in [1.54, 1.807) is 29.2 Å². The first kappa shape index (κ1) is 19.1. The summed E-state index contributed by atoms with van der Waals surface area (Å²) in [6, 6.07) is 6.27. The standard InChI is InChI=1S/C13H13FN4O.2ClH/c14-12-4-2-1-3-11(12)5-6-13(19)16-7-8-18-10-15-9-17-18;;/h1-6,9-10H,7-8H2,(H,16,19);2*1H/b6-5+;;. The molecule has 114 valence electrons. The number of benzene rings is 1. The monoisotopic (exact) mass is 332 g/mol. The van der Waals surface area contributed by atoms with E-state index in [1.165, 1.54) is 24.5 Å². The fraction of sp³-hybridized carbons (Fsp3) is 0.154. The Bertz CT molecular complexity index is 575. The summed E-state index contributed by atoms with van der Waals surface area (Å²) in [7, 11) is 0. The lowest BCUT2D eigenvalue weighted by molar-refractivity contribution is -0.116. The highest BCUT2D eigenvalue weighted by molar-refractivity contribution is 5.91. The molecular weight excluding hydrogens is 318 g/mol. The molecule has 0 radical (unpaired) electrons. The van der Waals surface area contributed by atoms with Crippen LogP contribution in [0.1, 0.15) is 5.56 Å². The zero-order chi connectivity index (χ0) is 13.5. The summed E-state index contributed by atoms with van der Waals surface area (Å²) in [5.41, 5.74) is 0.383. The first-order valence-electron chi connectivity index (χ1n) is 5.78. The lowest BCUT2D eigenvalue weighted by Gasteiger charge is -2.01. The molecule has 1 aromatic carbocycles. The molecule has 1 N–H and O–H groups in total. The molecule has 1 heterocycles. The molecule has 0 atom stereocenters.